The number of ketones is 1. The lowest BCUT2D eigenvalue weighted by Crippen LogP contribution is -2.36. The molecule has 3 aliphatic rings. The van der Waals surface area contributed by atoms with Gasteiger partial charge in [0.2, 0.25) is 0 Å². The monoisotopic (exact) mass is 369 g/mol. The van der Waals surface area contributed by atoms with Crippen molar-refractivity contribution in [3.63, 3.8) is 0 Å². The van der Waals surface area contributed by atoms with Crippen molar-refractivity contribution in [2.45, 2.75) is 57.2 Å². The van der Waals surface area contributed by atoms with Gasteiger partial charge in [0.25, 0.3) is 0 Å². The molecule has 0 amide bonds. The van der Waals surface area contributed by atoms with Crippen molar-refractivity contribution in [3.8, 4) is 6.07 Å². The number of rotatable bonds is 3. The number of carbonyl (C=O) groups is 1. The van der Waals surface area contributed by atoms with Gasteiger partial charge in [-0.15, -0.1) is 0 Å². The zero-order chi connectivity index (χ0) is 19.0. The Hall–Kier alpha value is -2.32. The first-order valence-corrected chi connectivity index (χ1v) is 9.39. The minimum atomic E-state index is -2.75. The minimum absolute atomic E-state index is 0.106. The molecule has 3 nitrogen and oxygen atoms in total. The van der Waals surface area contributed by atoms with E-state index in [2.05, 4.69) is 16.9 Å². The molecule has 0 radical (unpaired) electrons. The third-order valence-electron chi connectivity index (χ3n) is 6.23. The molecule has 5 heteroatoms. The van der Waals surface area contributed by atoms with Gasteiger partial charge in [0.15, 0.2) is 5.78 Å². The number of fused-ring (bicyclic) bond motifs is 1. The zero-order valence-electron chi connectivity index (χ0n) is 15.0. The summed E-state index contributed by atoms with van der Waals surface area (Å²) in [5.41, 5.74) is 3.15. The Morgan fingerprint density at radius 2 is 2.04 bits per heavy atom. The van der Waals surface area contributed by atoms with Crippen LogP contribution >= 0.6 is 0 Å². The second-order valence-electron chi connectivity index (χ2n) is 7.80. The molecule has 1 unspecified atom stereocenters. The highest BCUT2D eigenvalue weighted by molar-refractivity contribution is 6.05. The van der Waals surface area contributed by atoms with Crippen molar-refractivity contribution in [2.75, 3.05) is 0 Å². The summed E-state index contributed by atoms with van der Waals surface area (Å²) < 4.78 is 29.5. The maximum atomic E-state index is 13.2. The van der Waals surface area contributed by atoms with Crippen LogP contribution in [0.25, 0.3) is 0 Å². The highest BCUT2D eigenvalue weighted by Crippen LogP contribution is 2.48. The van der Waals surface area contributed by atoms with Gasteiger partial charge in [-0.2, -0.15) is 14.0 Å². The first kappa shape index (κ1) is 18.1. The molecule has 0 saturated heterocycles. The number of alkyl halides is 2. The number of hydrogen-bond acceptors (Lipinski definition) is 3. The summed E-state index contributed by atoms with van der Waals surface area (Å²) in [5, 5.41) is 9.13. The highest BCUT2D eigenvalue weighted by Gasteiger charge is 2.47. The average Bonchev–Trinajstić information content (AvgIpc) is 2.95. The van der Waals surface area contributed by atoms with E-state index in [1.165, 1.54) is 0 Å². The van der Waals surface area contributed by atoms with Crippen LogP contribution in [0.4, 0.5) is 8.78 Å². The molecule has 1 aromatic carbocycles. The standard InChI is InChI=1S/C22H21F2NO2/c23-21(24)27-18-6-8-22(9-7-18)12-17-5-4-16(11-19(17)20(22)26)15-3-1-2-14(10-15)13-25/h1-5,11,15,18,21H,6-10,12H2. The number of benzene rings is 1. The predicted octanol–water partition coefficient (Wildman–Crippen LogP) is 5.09. The molecule has 4 rings (SSSR count). The lowest BCUT2D eigenvalue weighted by molar-refractivity contribution is -0.173. The summed E-state index contributed by atoms with van der Waals surface area (Å²) in [6, 6.07) is 8.25. The molecule has 1 spiro atoms. The Balaban J connectivity index is 1.52. The molecule has 0 bridgehead atoms. The van der Waals surface area contributed by atoms with Gasteiger partial charge in [0.05, 0.1) is 12.2 Å². The lowest BCUT2D eigenvalue weighted by atomic mass is 9.70. The van der Waals surface area contributed by atoms with Crippen LogP contribution in [0.5, 0.6) is 0 Å². The number of ether oxygens (including phenoxy) is 1. The molecule has 140 valence electrons. The van der Waals surface area contributed by atoms with Crippen molar-refractivity contribution in [1.29, 1.82) is 5.26 Å². The zero-order valence-corrected chi connectivity index (χ0v) is 15.0. The van der Waals surface area contributed by atoms with Crippen LogP contribution in [0.1, 0.15) is 59.5 Å². The van der Waals surface area contributed by atoms with Crippen LogP contribution in [-0.4, -0.2) is 18.5 Å². The van der Waals surface area contributed by atoms with Crippen LogP contribution in [0.15, 0.2) is 42.0 Å². The second-order valence-corrected chi connectivity index (χ2v) is 7.80. The molecule has 1 saturated carbocycles. The van der Waals surface area contributed by atoms with Crippen LogP contribution in [0.3, 0.4) is 0 Å². The van der Waals surface area contributed by atoms with E-state index in [1.807, 2.05) is 30.4 Å². The van der Waals surface area contributed by atoms with Crippen LogP contribution in [0, 0.1) is 16.7 Å². The summed E-state index contributed by atoms with van der Waals surface area (Å²) in [6.07, 6.45) is 8.85. The molecule has 0 heterocycles. The number of Topliss-reactive ketones (excluding diaryl/α,β-unsaturated/α-hetero) is 1. The Labute approximate surface area is 157 Å². The number of nitrogens with zero attached hydrogens (tertiary/aromatic N) is 1. The fourth-order valence-corrected chi connectivity index (χ4v) is 4.74. The van der Waals surface area contributed by atoms with Gasteiger partial charge < -0.3 is 4.74 Å². The molecule has 0 aliphatic heterocycles. The quantitative estimate of drug-likeness (QED) is 0.746. The third-order valence-corrected chi connectivity index (χ3v) is 6.23. The van der Waals surface area contributed by atoms with Crippen molar-refractivity contribution in [1.82, 2.24) is 0 Å². The molecule has 27 heavy (non-hydrogen) atoms. The van der Waals surface area contributed by atoms with Gasteiger partial charge in [-0.05, 0) is 61.8 Å². The van der Waals surface area contributed by atoms with Crippen LogP contribution in [-0.2, 0) is 11.2 Å². The van der Waals surface area contributed by atoms with Gasteiger partial charge in [0, 0.05) is 22.5 Å². The molecule has 1 fully saturated rings. The fraction of sp³-hybridized carbons (Fsp3) is 0.455. The molecular formula is C22H21F2NO2. The van der Waals surface area contributed by atoms with E-state index >= 15 is 0 Å². The van der Waals surface area contributed by atoms with E-state index in [1.54, 1.807) is 0 Å². The molecule has 1 aromatic rings. The first-order chi connectivity index (χ1) is 13.0. The van der Waals surface area contributed by atoms with E-state index in [0.29, 0.717) is 38.5 Å². The molecule has 0 aromatic heterocycles. The number of halogens is 2. The summed E-state index contributed by atoms with van der Waals surface area (Å²) in [6.45, 7) is -2.75. The van der Waals surface area contributed by atoms with Gasteiger partial charge in [-0.3, -0.25) is 4.79 Å². The minimum Gasteiger partial charge on any atom is -0.320 e. The van der Waals surface area contributed by atoms with Gasteiger partial charge in [0.1, 0.15) is 0 Å². The van der Waals surface area contributed by atoms with Crippen molar-refractivity contribution < 1.29 is 18.3 Å². The van der Waals surface area contributed by atoms with Crippen molar-refractivity contribution in [3.05, 3.63) is 58.7 Å². The predicted molar refractivity (Wildman–Crippen MR) is 96.4 cm³/mol. The van der Waals surface area contributed by atoms with Gasteiger partial charge in [-0.1, -0.05) is 24.3 Å². The van der Waals surface area contributed by atoms with Crippen molar-refractivity contribution in [2.24, 2.45) is 5.41 Å². The SMILES string of the molecule is N#CC1=CC=CC(c2ccc3c(c2)C(=O)C2(CCC(OC(F)F)CC2)C3)C1. The second kappa shape index (κ2) is 7.01. The van der Waals surface area contributed by atoms with E-state index < -0.39 is 18.1 Å². The maximum absolute atomic E-state index is 13.2. The topological polar surface area (TPSA) is 50.1 Å². The highest BCUT2D eigenvalue weighted by atomic mass is 19.3. The Morgan fingerprint density at radius 3 is 2.74 bits per heavy atom. The van der Waals surface area contributed by atoms with Crippen LogP contribution < -0.4 is 0 Å². The first-order valence-electron chi connectivity index (χ1n) is 9.39. The van der Waals surface area contributed by atoms with Gasteiger partial charge >= 0.3 is 6.61 Å². The van der Waals surface area contributed by atoms with E-state index in [-0.39, 0.29) is 11.7 Å². The fourth-order valence-electron chi connectivity index (χ4n) is 4.74. The molecule has 0 N–H and O–H groups in total. The maximum Gasteiger partial charge on any atom is 0.345 e. The van der Waals surface area contributed by atoms with Crippen molar-refractivity contribution >= 4 is 5.78 Å². The van der Waals surface area contributed by atoms with E-state index in [0.717, 1.165) is 22.3 Å². The number of carbonyl (C=O) groups excluding carboxylic acids is 1. The van der Waals surface area contributed by atoms with E-state index in [9.17, 15) is 13.6 Å². The number of hydrogen-bond donors (Lipinski definition) is 0. The summed E-state index contributed by atoms with van der Waals surface area (Å²) in [5.74, 6) is 0.250. The Morgan fingerprint density at radius 1 is 1.26 bits per heavy atom. The lowest BCUT2D eigenvalue weighted by Gasteiger charge is -2.35. The number of allylic oxidation sites excluding steroid dienone is 4. The van der Waals surface area contributed by atoms with Gasteiger partial charge in [-0.25, -0.2) is 0 Å². The normalized spacial score (nSPS) is 29.7. The summed E-state index contributed by atoms with van der Waals surface area (Å²) in [7, 11) is 0. The van der Waals surface area contributed by atoms with Crippen LogP contribution in [0.2, 0.25) is 0 Å². The Bertz CT molecular complexity index is 858. The molecule has 3 aliphatic carbocycles. The third kappa shape index (κ3) is 3.35. The largest absolute Gasteiger partial charge is 0.345 e. The summed E-state index contributed by atoms with van der Waals surface area (Å²) in [4.78, 5) is 13.2. The summed E-state index contributed by atoms with van der Waals surface area (Å²) >= 11 is 0. The Kier molecular flexibility index (Phi) is 4.69. The van der Waals surface area contributed by atoms with E-state index in [4.69, 9.17) is 5.26 Å². The smallest absolute Gasteiger partial charge is 0.320 e. The average molecular weight is 369 g/mol. The molecular weight excluding hydrogens is 348 g/mol. The molecule has 1 atom stereocenters. The number of nitriles is 1.